The molecule has 2 rings (SSSR count). The van der Waals surface area contributed by atoms with Crippen LogP contribution in [0.2, 0.25) is 0 Å². The first-order chi connectivity index (χ1) is 9.58. The molecule has 1 aliphatic rings. The van der Waals surface area contributed by atoms with E-state index in [9.17, 15) is 9.90 Å². The van der Waals surface area contributed by atoms with Crippen molar-refractivity contribution in [1.82, 2.24) is 5.32 Å². The molecular weight excluding hydrogens is 250 g/mol. The van der Waals surface area contributed by atoms with E-state index >= 15 is 0 Å². The lowest BCUT2D eigenvalue weighted by Gasteiger charge is -2.28. The standard InChI is InChI=1S/C17H25NO2/c1-12-7-8-14(9-13(12)2)10-18-11-15-5-3-4-6-16(15)17(19)20/h7-9,15-16,18H,3-6,10-11H2,1-2H3,(H,19,20). The van der Waals surface area contributed by atoms with Crippen LogP contribution < -0.4 is 5.32 Å². The van der Waals surface area contributed by atoms with Crippen molar-refractivity contribution in [2.45, 2.75) is 46.1 Å². The van der Waals surface area contributed by atoms with E-state index in [2.05, 4.69) is 37.4 Å². The molecule has 20 heavy (non-hydrogen) atoms. The molecule has 0 saturated heterocycles. The average molecular weight is 275 g/mol. The van der Waals surface area contributed by atoms with E-state index in [-0.39, 0.29) is 11.8 Å². The number of carboxylic acids is 1. The predicted molar refractivity (Wildman–Crippen MR) is 80.7 cm³/mol. The summed E-state index contributed by atoms with van der Waals surface area (Å²) in [7, 11) is 0. The van der Waals surface area contributed by atoms with Crippen LogP contribution in [-0.4, -0.2) is 17.6 Å². The van der Waals surface area contributed by atoms with Crippen LogP contribution in [0.1, 0.15) is 42.4 Å². The van der Waals surface area contributed by atoms with Crippen LogP contribution in [-0.2, 0) is 11.3 Å². The third kappa shape index (κ3) is 3.83. The topological polar surface area (TPSA) is 49.3 Å². The van der Waals surface area contributed by atoms with Gasteiger partial charge >= 0.3 is 5.97 Å². The van der Waals surface area contributed by atoms with Crippen molar-refractivity contribution in [2.24, 2.45) is 11.8 Å². The van der Waals surface area contributed by atoms with Gasteiger partial charge in [0.1, 0.15) is 0 Å². The van der Waals surface area contributed by atoms with Gasteiger partial charge in [0, 0.05) is 6.54 Å². The number of carbonyl (C=O) groups is 1. The van der Waals surface area contributed by atoms with Gasteiger partial charge in [-0.3, -0.25) is 4.79 Å². The summed E-state index contributed by atoms with van der Waals surface area (Å²) >= 11 is 0. The van der Waals surface area contributed by atoms with Gasteiger partial charge in [-0.25, -0.2) is 0 Å². The largest absolute Gasteiger partial charge is 0.481 e. The molecule has 1 aromatic carbocycles. The summed E-state index contributed by atoms with van der Waals surface area (Å²) in [6.07, 6.45) is 4.10. The molecular formula is C17H25NO2. The summed E-state index contributed by atoms with van der Waals surface area (Å²) in [5.74, 6) is -0.494. The van der Waals surface area contributed by atoms with Gasteiger partial charge in [-0.2, -0.15) is 0 Å². The van der Waals surface area contributed by atoms with Gasteiger partial charge in [-0.15, -0.1) is 0 Å². The van der Waals surface area contributed by atoms with Crippen molar-refractivity contribution in [3.8, 4) is 0 Å². The number of aliphatic carboxylic acids is 1. The summed E-state index contributed by atoms with van der Waals surface area (Å²) in [6, 6.07) is 6.50. The van der Waals surface area contributed by atoms with E-state index in [0.29, 0.717) is 0 Å². The monoisotopic (exact) mass is 275 g/mol. The zero-order valence-corrected chi connectivity index (χ0v) is 12.5. The molecule has 2 N–H and O–H groups in total. The number of benzene rings is 1. The number of nitrogens with one attached hydrogen (secondary N) is 1. The average Bonchev–Trinajstić information content (AvgIpc) is 2.43. The molecule has 0 spiro atoms. The minimum atomic E-state index is -0.623. The second-order valence-electron chi connectivity index (χ2n) is 6.04. The van der Waals surface area contributed by atoms with Crippen LogP contribution >= 0.6 is 0 Å². The van der Waals surface area contributed by atoms with Crippen LogP contribution in [0.3, 0.4) is 0 Å². The molecule has 1 aliphatic carbocycles. The lowest BCUT2D eigenvalue weighted by atomic mass is 9.79. The van der Waals surface area contributed by atoms with Crippen molar-refractivity contribution < 1.29 is 9.90 Å². The number of carboxylic acid groups (broad SMARTS) is 1. The SMILES string of the molecule is Cc1ccc(CNCC2CCCCC2C(=O)O)cc1C. The van der Waals surface area contributed by atoms with Gasteiger partial charge in [-0.1, -0.05) is 31.0 Å². The molecule has 0 amide bonds. The maximum absolute atomic E-state index is 11.3. The van der Waals surface area contributed by atoms with Crippen LogP contribution in [0.25, 0.3) is 0 Å². The van der Waals surface area contributed by atoms with Crippen molar-refractivity contribution >= 4 is 5.97 Å². The lowest BCUT2D eigenvalue weighted by Crippen LogP contribution is -2.34. The number of hydrogen-bond donors (Lipinski definition) is 2. The zero-order chi connectivity index (χ0) is 14.5. The van der Waals surface area contributed by atoms with E-state index in [1.165, 1.54) is 23.1 Å². The van der Waals surface area contributed by atoms with Crippen LogP contribution in [0.15, 0.2) is 18.2 Å². The lowest BCUT2D eigenvalue weighted by molar-refractivity contribution is -0.144. The van der Waals surface area contributed by atoms with Gasteiger partial charge < -0.3 is 10.4 Å². The van der Waals surface area contributed by atoms with E-state index in [1.807, 2.05) is 0 Å². The van der Waals surface area contributed by atoms with Crippen LogP contribution in [0, 0.1) is 25.7 Å². The Morgan fingerprint density at radius 3 is 2.70 bits per heavy atom. The summed E-state index contributed by atoms with van der Waals surface area (Å²) in [4.78, 5) is 11.3. The molecule has 3 heteroatoms. The molecule has 0 heterocycles. The normalized spacial score (nSPS) is 22.7. The third-order valence-electron chi connectivity index (χ3n) is 4.53. The van der Waals surface area contributed by atoms with E-state index in [1.54, 1.807) is 0 Å². The fourth-order valence-corrected chi connectivity index (χ4v) is 3.09. The van der Waals surface area contributed by atoms with Gasteiger partial charge in [0.2, 0.25) is 0 Å². The molecule has 2 unspecified atom stereocenters. The Balaban J connectivity index is 1.85. The van der Waals surface area contributed by atoms with E-state index in [4.69, 9.17) is 0 Å². The molecule has 0 bridgehead atoms. The van der Waals surface area contributed by atoms with E-state index < -0.39 is 5.97 Å². The minimum absolute atomic E-state index is 0.156. The summed E-state index contributed by atoms with van der Waals surface area (Å²) in [5, 5.41) is 12.7. The van der Waals surface area contributed by atoms with Crippen molar-refractivity contribution in [3.63, 3.8) is 0 Å². The van der Waals surface area contributed by atoms with Gasteiger partial charge in [-0.05, 0) is 55.8 Å². The van der Waals surface area contributed by atoms with E-state index in [0.717, 1.165) is 32.4 Å². The Bertz CT molecular complexity index is 470. The summed E-state index contributed by atoms with van der Waals surface area (Å²) < 4.78 is 0. The van der Waals surface area contributed by atoms with Crippen molar-refractivity contribution in [3.05, 3.63) is 34.9 Å². The molecule has 0 aliphatic heterocycles. The highest BCUT2D eigenvalue weighted by Crippen LogP contribution is 2.29. The first kappa shape index (κ1) is 15.0. The maximum atomic E-state index is 11.3. The fourth-order valence-electron chi connectivity index (χ4n) is 3.09. The Labute approximate surface area is 121 Å². The highest BCUT2D eigenvalue weighted by Gasteiger charge is 2.30. The predicted octanol–water partition coefficient (Wildman–Crippen LogP) is 3.28. The molecule has 110 valence electrons. The number of aryl methyl sites for hydroxylation is 2. The zero-order valence-electron chi connectivity index (χ0n) is 12.5. The quantitative estimate of drug-likeness (QED) is 0.867. The Morgan fingerprint density at radius 2 is 2.00 bits per heavy atom. The number of rotatable bonds is 5. The highest BCUT2D eigenvalue weighted by molar-refractivity contribution is 5.70. The fraction of sp³-hybridized carbons (Fsp3) is 0.588. The van der Waals surface area contributed by atoms with Crippen molar-refractivity contribution in [1.29, 1.82) is 0 Å². The molecule has 0 radical (unpaired) electrons. The second-order valence-corrected chi connectivity index (χ2v) is 6.04. The maximum Gasteiger partial charge on any atom is 0.306 e. The van der Waals surface area contributed by atoms with Crippen molar-refractivity contribution in [2.75, 3.05) is 6.54 Å². The van der Waals surface area contributed by atoms with Gasteiger partial charge in [0.25, 0.3) is 0 Å². The molecule has 2 atom stereocenters. The van der Waals surface area contributed by atoms with Crippen LogP contribution in [0.5, 0.6) is 0 Å². The summed E-state index contributed by atoms with van der Waals surface area (Å²) in [5.41, 5.74) is 3.90. The van der Waals surface area contributed by atoms with Gasteiger partial charge in [0.05, 0.1) is 5.92 Å². The second kappa shape index (κ2) is 6.89. The first-order valence-corrected chi connectivity index (χ1v) is 7.57. The number of hydrogen-bond acceptors (Lipinski definition) is 2. The molecule has 1 saturated carbocycles. The molecule has 0 aromatic heterocycles. The minimum Gasteiger partial charge on any atom is -0.481 e. The summed E-state index contributed by atoms with van der Waals surface area (Å²) in [6.45, 7) is 5.88. The highest BCUT2D eigenvalue weighted by atomic mass is 16.4. The van der Waals surface area contributed by atoms with Gasteiger partial charge in [0.15, 0.2) is 0 Å². The smallest absolute Gasteiger partial charge is 0.306 e. The first-order valence-electron chi connectivity index (χ1n) is 7.57. The molecule has 3 nitrogen and oxygen atoms in total. The molecule has 1 aromatic rings. The third-order valence-corrected chi connectivity index (χ3v) is 4.53. The Morgan fingerprint density at radius 1 is 1.25 bits per heavy atom. The Kier molecular flexibility index (Phi) is 5.18. The Hall–Kier alpha value is -1.35. The molecule has 1 fully saturated rings. The van der Waals surface area contributed by atoms with Crippen LogP contribution in [0.4, 0.5) is 0 Å².